The van der Waals surface area contributed by atoms with Gasteiger partial charge in [-0.3, -0.25) is 0 Å². The molecule has 263 valence electrons. The molecular weight excluding hydrogens is 710 g/mol. The van der Waals surface area contributed by atoms with E-state index >= 15 is 0 Å². The molecule has 0 amide bonds. The van der Waals surface area contributed by atoms with Crippen LogP contribution < -0.4 is 7.17 Å². The van der Waals surface area contributed by atoms with Crippen LogP contribution in [0.2, 0.25) is 0 Å². The molecule has 6 aromatic rings. The second-order valence-electron chi connectivity index (χ2n) is 15.3. The maximum atomic E-state index is 2.74. The first-order chi connectivity index (χ1) is 24.7. The van der Waals surface area contributed by atoms with E-state index in [1.807, 2.05) is 0 Å². The summed E-state index contributed by atoms with van der Waals surface area (Å²) in [6, 6.07) is 32.8. The summed E-state index contributed by atoms with van der Waals surface area (Å²) in [5.41, 5.74) is 29.6. The SMILES string of the molecule is Cc1cc(C)c(-c2cccc(-c3c(C)cc(C)cc3C)c2N2PN(c3c(-c4c(C)cc(C)cc4C)cccc3-c3c(C)cc(C)cc3C)[As]2)c(C)c1. The van der Waals surface area contributed by atoms with Crippen molar-refractivity contribution in [2.75, 3.05) is 7.17 Å². The molecule has 1 radical (unpaired) electrons. The molecule has 1 heterocycles. The van der Waals surface area contributed by atoms with Gasteiger partial charge in [-0.25, -0.2) is 0 Å². The number of aryl methyl sites for hydroxylation is 12. The van der Waals surface area contributed by atoms with Crippen LogP contribution >= 0.6 is 8.88 Å². The first kappa shape index (κ1) is 36.3. The molecule has 1 fully saturated rings. The summed E-state index contributed by atoms with van der Waals surface area (Å²) >= 11 is -0.356. The second kappa shape index (κ2) is 14.0. The third kappa shape index (κ3) is 6.44. The molecule has 0 unspecified atom stereocenters. The zero-order valence-electron chi connectivity index (χ0n) is 32.9. The fourth-order valence-corrected chi connectivity index (χ4v) is 13.2. The second-order valence-corrected chi connectivity index (χ2v) is 20.1. The van der Waals surface area contributed by atoms with E-state index in [2.05, 4.69) is 175 Å². The van der Waals surface area contributed by atoms with E-state index in [1.54, 1.807) is 0 Å². The quantitative estimate of drug-likeness (QED) is 0.123. The van der Waals surface area contributed by atoms with Crippen molar-refractivity contribution in [1.29, 1.82) is 0 Å². The summed E-state index contributed by atoms with van der Waals surface area (Å²) in [7, 11) is 0.496. The number of benzene rings is 6. The fourth-order valence-electron chi connectivity index (χ4n) is 9.14. The van der Waals surface area contributed by atoms with Gasteiger partial charge in [0.05, 0.1) is 0 Å². The van der Waals surface area contributed by atoms with E-state index in [-0.39, 0.29) is 16.2 Å². The summed E-state index contributed by atoms with van der Waals surface area (Å²) in [5.74, 6) is 0. The zero-order chi connectivity index (χ0) is 37.2. The van der Waals surface area contributed by atoms with Gasteiger partial charge in [-0.2, -0.15) is 0 Å². The van der Waals surface area contributed by atoms with Crippen molar-refractivity contribution in [3.63, 3.8) is 0 Å². The van der Waals surface area contributed by atoms with Gasteiger partial charge >= 0.3 is 323 Å². The molecule has 0 N–H and O–H groups in total. The van der Waals surface area contributed by atoms with Crippen LogP contribution in [-0.4, -0.2) is 16.2 Å². The topological polar surface area (TPSA) is 6.48 Å². The van der Waals surface area contributed by atoms with Crippen LogP contribution in [0.1, 0.15) is 66.8 Å². The number of anilines is 2. The van der Waals surface area contributed by atoms with Crippen molar-refractivity contribution in [2.24, 2.45) is 0 Å². The third-order valence-corrected chi connectivity index (χ3v) is 15.1. The van der Waals surface area contributed by atoms with Crippen LogP contribution in [-0.2, 0) is 0 Å². The molecule has 0 spiro atoms. The van der Waals surface area contributed by atoms with Crippen LogP contribution in [0, 0.1) is 83.1 Å². The van der Waals surface area contributed by atoms with E-state index in [0.717, 1.165) is 0 Å². The molecule has 1 aliphatic heterocycles. The summed E-state index contributed by atoms with van der Waals surface area (Å²) in [5, 5.41) is 0. The minimum atomic E-state index is -0.356. The Bertz CT molecular complexity index is 1990. The van der Waals surface area contributed by atoms with Crippen molar-refractivity contribution in [3.05, 3.63) is 152 Å². The number of nitrogens with zero attached hydrogens (tertiary/aromatic N) is 2. The van der Waals surface area contributed by atoms with Gasteiger partial charge in [0.25, 0.3) is 0 Å². The van der Waals surface area contributed by atoms with Crippen LogP contribution in [0.15, 0.2) is 84.9 Å². The van der Waals surface area contributed by atoms with Crippen LogP contribution in [0.4, 0.5) is 11.4 Å². The predicted octanol–water partition coefficient (Wildman–Crippen LogP) is 13.4. The van der Waals surface area contributed by atoms with E-state index in [0.29, 0.717) is 8.88 Å². The Morgan fingerprint density at radius 1 is 0.346 bits per heavy atom. The summed E-state index contributed by atoms with van der Waals surface area (Å²) in [6.45, 7) is 27.1. The molecular formula is C48H51AsN2P. The molecule has 0 atom stereocenters. The number of hydrogen-bond acceptors (Lipinski definition) is 2. The Kier molecular flexibility index (Phi) is 9.80. The van der Waals surface area contributed by atoms with Gasteiger partial charge in [-0.1, -0.05) is 0 Å². The van der Waals surface area contributed by atoms with Crippen LogP contribution in [0.25, 0.3) is 44.5 Å². The Morgan fingerprint density at radius 3 is 0.731 bits per heavy atom. The van der Waals surface area contributed by atoms with Crippen molar-refractivity contribution < 1.29 is 0 Å². The Morgan fingerprint density at radius 2 is 0.538 bits per heavy atom. The molecule has 0 aromatic heterocycles. The van der Waals surface area contributed by atoms with Crippen molar-refractivity contribution in [3.8, 4) is 44.5 Å². The van der Waals surface area contributed by atoms with Gasteiger partial charge in [-0.05, 0) is 0 Å². The molecule has 52 heavy (non-hydrogen) atoms. The number of rotatable bonds is 6. The average Bonchev–Trinajstić information content (AvgIpc) is 3.00. The molecule has 6 aromatic carbocycles. The molecule has 2 nitrogen and oxygen atoms in total. The van der Waals surface area contributed by atoms with Gasteiger partial charge in [0, 0.05) is 0 Å². The first-order valence-electron chi connectivity index (χ1n) is 18.4. The van der Waals surface area contributed by atoms with E-state index < -0.39 is 0 Å². The molecule has 0 saturated carbocycles. The van der Waals surface area contributed by atoms with Gasteiger partial charge < -0.3 is 0 Å². The minimum absolute atomic E-state index is 0.356. The van der Waals surface area contributed by atoms with Gasteiger partial charge in [0.15, 0.2) is 0 Å². The molecule has 1 saturated heterocycles. The molecule has 0 aliphatic carbocycles. The standard InChI is InChI=1S/C48H51AsN2P/c1-27-19-31(5)43(32(6)20-27)39-15-13-16-40(44-33(7)21-28(2)22-34(44)8)47(39)50-49-51(52-50)48-41(45-35(9)23-29(3)24-36(45)10)17-14-18-42(48)46-37(11)25-30(4)26-38(46)12/h13-26,52H,1-12H3. The molecule has 1 aliphatic rings. The van der Waals surface area contributed by atoms with E-state index in [4.69, 9.17) is 0 Å². The molecule has 0 bridgehead atoms. The first-order valence-corrected chi connectivity index (χ1v) is 21.0. The predicted molar refractivity (Wildman–Crippen MR) is 230 cm³/mol. The normalized spacial score (nSPS) is 13.7. The molecule has 4 heteroatoms. The fraction of sp³-hybridized carbons (Fsp3) is 0.250. The zero-order valence-corrected chi connectivity index (χ0v) is 35.8. The third-order valence-electron chi connectivity index (χ3n) is 10.6. The number of hydrogen-bond donors (Lipinski definition) is 0. The number of para-hydroxylation sites is 2. The van der Waals surface area contributed by atoms with Crippen LogP contribution in [0.3, 0.4) is 0 Å². The van der Waals surface area contributed by atoms with Gasteiger partial charge in [0.2, 0.25) is 0 Å². The van der Waals surface area contributed by atoms with Crippen molar-refractivity contribution in [1.82, 2.24) is 0 Å². The van der Waals surface area contributed by atoms with E-state index in [9.17, 15) is 0 Å². The van der Waals surface area contributed by atoms with Crippen LogP contribution in [0.5, 0.6) is 0 Å². The van der Waals surface area contributed by atoms with Gasteiger partial charge in [0.1, 0.15) is 0 Å². The van der Waals surface area contributed by atoms with E-state index in [1.165, 1.54) is 123 Å². The Hall–Kier alpha value is -4.09. The summed E-state index contributed by atoms with van der Waals surface area (Å²) < 4.78 is 5.48. The average molecular weight is 762 g/mol. The Balaban J connectivity index is 1.44. The summed E-state index contributed by atoms with van der Waals surface area (Å²) in [6.07, 6.45) is 0. The van der Waals surface area contributed by atoms with Gasteiger partial charge in [-0.15, -0.1) is 0 Å². The monoisotopic (exact) mass is 761 g/mol. The Labute approximate surface area is 321 Å². The van der Waals surface area contributed by atoms with Crippen molar-refractivity contribution >= 4 is 36.5 Å². The summed E-state index contributed by atoms with van der Waals surface area (Å²) in [4.78, 5) is 0. The maximum absolute atomic E-state index is 2.74. The molecule has 7 rings (SSSR count). The van der Waals surface area contributed by atoms with Crippen molar-refractivity contribution in [2.45, 2.75) is 83.1 Å².